The van der Waals surface area contributed by atoms with Gasteiger partial charge in [-0.1, -0.05) is 30.7 Å². The molecule has 2 rings (SSSR count). The van der Waals surface area contributed by atoms with Gasteiger partial charge in [-0.3, -0.25) is 0 Å². The highest BCUT2D eigenvalue weighted by molar-refractivity contribution is 7.11. The Hall–Kier alpha value is -0.900. The number of aryl methyl sites for hydroxylation is 1. The van der Waals surface area contributed by atoms with Gasteiger partial charge in [0.1, 0.15) is 0 Å². The van der Waals surface area contributed by atoms with E-state index in [1.54, 1.807) is 11.3 Å². The lowest BCUT2D eigenvalue weighted by molar-refractivity contribution is 0.598. The van der Waals surface area contributed by atoms with Crippen molar-refractivity contribution in [2.45, 2.75) is 26.2 Å². The molecular weight excluding hydrogens is 276 g/mol. The summed E-state index contributed by atoms with van der Waals surface area (Å²) < 4.78 is 0. The largest absolute Gasteiger partial charge is 0.316 e. The van der Waals surface area contributed by atoms with Gasteiger partial charge in [-0.15, -0.1) is 11.3 Å². The van der Waals surface area contributed by atoms with Crippen LogP contribution in [0.4, 0.5) is 0 Å². The number of halogens is 1. The average molecular weight is 295 g/mol. The van der Waals surface area contributed by atoms with E-state index in [1.165, 1.54) is 10.4 Å². The van der Waals surface area contributed by atoms with E-state index in [4.69, 9.17) is 11.6 Å². The van der Waals surface area contributed by atoms with Crippen LogP contribution in [0.25, 0.3) is 0 Å². The summed E-state index contributed by atoms with van der Waals surface area (Å²) >= 11 is 7.88. The van der Waals surface area contributed by atoms with Crippen LogP contribution in [0.5, 0.6) is 0 Å². The first-order chi connectivity index (χ1) is 9.19. The van der Waals surface area contributed by atoms with E-state index in [1.807, 2.05) is 25.3 Å². The predicted molar refractivity (Wildman–Crippen MR) is 83.3 cm³/mol. The summed E-state index contributed by atoms with van der Waals surface area (Å²) in [4.78, 5) is 5.67. The van der Waals surface area contributed by atoms with Crippen LogP contribution < -0.4 is 5.32 Å². The van der Waals surface area contributed by atoms with Crippen LogP contribution >= 0.6 is 22.9 Å². The fraction of sp³-hybridized carbons (Fsp3) is 0.400. The van der Waals surface area contributed by atoms with Crippen molar-refractivity contribution < 1.29 is 0 Å². The molecule has 0 aliphatic carbocycles. The maximum atomic E-state index is 6.10. The lowest BCUT2D eigenvalue weighted by Gasteiger charge is -2.17. The maximum Gasteiger partial charge on any atom is 0.0896 e. The molecule has 0 aliphatic heterocycles. The summed E-state index contributed by atoms with van der Waals surface area (Å²) in [5.74, 6) is 0.443. The Morgan fingerprint density at radius 2 is 2.26 bits per heavy atom. The van der Waals surface area contributed by atoms with Gasteiger partial charge in [-0.2, -0.15) is 0 Å². The quantitative estimate of drug-likeness (QED) is 0.870. The highest BCUT2D eigenvalue weighted by Gasteiger charge is 2.14. The van der Waals surface area contributed by atoms with Crippen LogP contribution in [0, 0.1) is 6.92 Å². The van der Waals surface area contributed by atoms with Crippen molar-refractivity contribution >= 4 is 22.9 Å². The normalized spacial score (nSPS) is 12.6. The van der Waals surface area contributed by atoms with E-state index >= 15 is 0 Å². The smallest absolute Gasteiger partial charge is 0.0896 e. The Morgan fingerprint density at radius 1 is 1.42 bits per heavy atom. The first-order valence-electron chi connectivity index (χ1n) is 6.56. The highest BCUT2D eigenvalue weighted by Crippen LogP contribution is 2.25. The van der Waals surface area contributed by atoms with E-state index in [9.17, 15) is 0 Å². The van der Waals surface area contributed by atoms with Crippen molar-refractivity contribution in [2.75, 3.05) is 13.1 Å². The van der Waals surface area contributed by atoms with Gasteiger partial charge in [0.05, 0.1) is 5.01 Å². The number of rotatable bonds is 6. The molecule has 102 valence electrons. The summed E-state index contributed by atoms with van der Waals surface area (Å²) in [6.07, 6.45) is 3.00. The number of benzene rings is 1. The van der Waals surface area contributed by atoms with Crippen LogP contribution in [0.1, 0.15) is 28.3 Å². The SMILES string of the molecule is CCNCC(Cc1cnc(C)s1)c1cccc(Cl)c1. The Labute approximate surface area is 123 Å². The number of hydrogen-bond acceptors (Lipinski definition) is 3. The molecule has 1 atom stereocenters. The summed E-state index contributed by atoms with van der Waals surface area (Å²) in [5.41, 5.74) is 1.29. The fourth-order valence-electron chi connectivity index (χ4n) is 2.13. The van der Waals surface area contributed by atoms with Crippen LogP contribution in [0.2, 0.25) is 5.02 Å². The number of hydrogen-bond donors (Lipinski definition) is 1. The van der Waals surface area contributed by atoms with Gasteiger partial charge in [0.2, 0.25) is 0 Å². The van der Waals surface area contributed by atoms with E-state index in [0.717, 1.165) is 29.5 Å². The highest BCUT2D eigenvalue weighted by atomic mass is 35.5. The number of nitrogens with one attached hydrogen (secondary N) is 1. The Bertz CT molecular complexity index is 524. The second kappa shape index (κ2) is 7.04. The Morgan fingerprint density at radius 3 is 2.89 bits per heavy atom. The fourth-order valence-corrected chi connectivity index (χ4v) is 3.20. The van der Waals surface area contributed by atoms with Crippen LogP contribution in [0.3, 0.4) is 0 Å². The minimum Gasteiger partial charge on any atom is -0.316 e. The molecule has 0 bridgehead atoms. The standard InChI is InChI=1S/C15H19ClN2S/c1-3-17-9-13(8-15-10-18-11(2)19-15)12-5-4-6-14(16)7-12/h4-7,10,13,17H,3,8-9H2,1-2H3. The zero-order valence-electron chi connectivity index (χ0n) is 11.3. The third kappa shape index (κ3) is 4.30. The lowest BCUT2D eigenvalue weighted by atomic mass is 9.95. The van der Waals surface area contributed by atoms with Crippen LogP contribution in [0.15, 0.2) is 30.5 Å². The third-order valence-corrected chi connectivity index (χ3v) is 4.25. The second-order valence-electron chi connectivity index (χ2n) is 4.61. The maximum absolute atomic E-state index is 6.10. The van der Waals surface area contributed by atoms with Crippen molar-refractivity contribution in [3.63, 3.8) is 0 Å². The van der Waals surface area contributed by atoms with Crippen molar-refractivity contribution in [2.24, 2.45) is 0 Å². The number of aromatic nitrogens is 1. The van der Waals surface area contributed by atoms with E-state index in [2.05, 4.69) is 29.4 Å². The molecule has 0 aliphatic rings. The molecule has 1 aromatic heterocycles. The molecule has 1 aromatic carbocycles. The van der Waals surface area contributed by atoms with Gasteiger partial charge in [-0.05, 0) is 37.6 Å². The molecule has 0 saturated carbocycles. The summed E-state index contributed by atoms with van der Waals surface area (Å²) in [5, 5.41) is 5.37. The molecule has 0 amide bonds. The summed E-state index contributed by atoms with van der Waals surface area (Å²) in [7, 11) is 0. The van der Waals surface area contributed by atoms with Crippen molar-refractivity contribution in [3.05, 3.63) is 50.9 Å². The minimum absolute atomic E-state index is 0.443. The van der Waals surface area contributed by atoms with Crippen molar-refractivity contribution in [1.82, 2.24) is 10.3 Å². The van der Waals surface area contributed by atoms with Gasteiger partial charge in [-0.25, -0.2) is 4.98 Å². The monoisotopic (exact) mass is 294 g/mol. The first-order valence-corrected chi connectivity index (χ1v) is 7.76. The van der Waals surface area contributed by atoms with E-state index in [0.29, 0.717) is 5.92 Å². The number of thiazole rings is 1. The molecular formula is C15H19ClN2S. The predicted octanol–water partition coefficient (Wildman–Crippen LogP) is 4.04. The molecule has 1 heterocycles. The van der Waals surface area contributed by atoms with Crippen LogP contribution in [-0.4, -0.2) is 18.1 Å². The van der Waals surface area contributed by atoms with Gasteiger partial charge in [0.25, 0.3) is 0 Å². The molecule has 0 saturated heterocycles. The number of nitrogens with zero attached hydrogens (tertiary/aromatic N) is 1. The van der Waals surface area contributed by atoms with Crippen molar-refractivity contribution in [3.8, 4) is 0 Å². The van der Waals surface area contributed by atoms with E-state index in [-0.39, 0.29) is 0 Å². The molecule has 2 nitrogen and oxygen atoms in total. The Kier molecular flexibility index (Phi) is 5.37. The molecule has 4 heteroatoms. The molecule has 0 spiro atoms. The molecule has 1 unspecified atom stereocenters. The Balaban J connectivity index is 2.15. The summed E-state index contributed by atoms with van der Waals surface area (Å²) in [6.45, 7) is 6.13. The van der Waals surface area contributed by atoms with Gasteiger partial charge >= 0.3 is 0 Å². The minimum atomic E-state index is 0.443. The van der Waals surface area contributed by atoms with Crippen LogP contribution in [-0.2, 0) is 6.42 Å². The van der Waals surface area contributed by atoms with Gasteiger partial charge in [0.15, 0.2) is 0 Å². The van der Waals surface area contributed by atoms with Gasteiger partial charge in [0, 0.05) is 28.6 Å². The van der Waals surface area contributed by atoms with Gasteiger partial charge < -0.3 is 5.32 Å². The first kappa shape index (κ1) is 14.5. The van der Waals surface area contributed by atoms with E-state index < -0.39 is 0 Å². The topological polar surface area (TPSA) is 24.9 Å². The second-order valence-corrected chi connectivity index (χ2v) is 6.37. The molecule has 2 aromatic rings. The lowest BCUT2D eigenvalue weighted by Crippen LogP contribution is -2.22. The molecule has 1 N–H and O–H groups in total. The summed E-state index contributed by atoms with van der Waals surface area (Å²) in [6, 6.07) is 8.17. The molecule has 19 heavy (non-hydrogen) atoms. The average Bonchev–Trinajstić information content (AvgIpc) is 2.80. The molecule has 0 fully saturated rings. The zero-order chi connectivity index (χ0) is 13.7. The van der Waals surface area contributed by atoms with Crippen molar-refractivity contribution in [1.29, 1.82) is 0 Å². The number of likely N-dealkylation sites (N-methyl/N-ethyl adjacent to an activating group) is 1. The third-order valence-electron chi connectivity index (χ3n) is 3.08. The zero-order valence-corrected chi connectivity index (χ0v) is 12.9. The molecule has 0 radical (unpaired) electrons.